The first-order valence-electron chi connectivity index (χ1n) is 3.30. The van der Waals surface area contributed by atoms with Gasteiger partial charge in [0.15, 0.2) is 0 Å². The second kappa shape index (κ2) is 0.463. The topological polar surface area (TPSA) is 0 Å². The Hall–Kier alpha value is 0. The minimum Gasteiger partial charge on any atom is -0.0588 e. The molecule has 0 aromatic carbocycles. The van der Waals surface area contributed by atoms with Crippen molar-refractivity contribution in [1.82, 2.24) is 0 Å². The Bertz CT molecular complexity index is 135. The van der Waals surface area contributed by atoms with Crippen LogP contribution in [-0.2, 0) is 0 Å². The van der Waals surface area contributed by atoms with Crippen LogP contribution in [0.5, 0.6) is 0 Å². The van der Waals surface area contributed by atoms with E-state index in [9.17, 15) is 0 Å². The molecule has 0 aliphatic heterocycles. The highest BCUT2D eigenvalue weighted by Gasteiger charge is 2.90. The number of hydrogen-bond acceptors (Lipinski definition) is 0. The Kier molecular flexibility index (Phi) is 0.206. The largest absolute Gasteiger partial charge is 0.0588 e. The molecule has 38 valence electrons. The van der Waals surface area contributed by atoms with Crippen LogP contribution >= 0.6 is 0 Å². The van der Waals surface area contributed by atoms with Crippen LogP contribution in [0.1, 0.15) is 26.2 Å². The summed E-state index contributed by atoms with van der Waals surface area (Å²) in [7, 11) is 0. The lowest BCUT2D eigenvalue weighted by Gasteiger charge is -1.98. The van der Waals surface area contributed by atoms with Gasteiger partial charge in [0.2, 0.25) is 0 Å². The fourth-order valence-corrected chi connectivity index (χ4v) is 2.64. The Morgan fingerprint density at radius 1 is 1.43 bits per heavy atom. The van der Waals surface area contributed by atoms with E-state index in [0.717, 1.165) is 10.8 Å². The first-order chi connectivity index (χ1) is 3.30. The van der Waals surface area contributed by atoms with Gasteiger partial charge in [-0.15, -0.1) is 0 Å². The first kappa shape index (κ1) is 3.11. The lowest BCUT2D eigenvalue weighted by Crippen LogP contribution is -1.91. The molecule has 3 fully saturated rings. The Balaban J connectivity index is 2.13. The van der Waals surface area contributed by atoms with E-state index < -0.39 is 0 Å². The molecule has 0 radical (unpaired) electrons. The van der Waals surface area contributed by atoms with Crippen LogP contribution in [0.2, 0.25) is 0 Å². The minimum absolute atomic E-state index is 0.924. The summed E-state index contributed by atoms with van der Waals surface area (Å²) in [5.74, 6) is 1.22. The summed E-state index contributed by atoms with van der Waals surface area (Å²) in [5, 5.41) is 0. The molecule has 0 nitrogen and oxygen atoms in total. The van der Waals surface area contributed by atoms with Gasteiger partial charge in [-0.25, -0.2) is 0 Å². The van der Waals surface area contributed by atoms with Gasteiger partial charge in [0.05, 0.1) is 0 Å². The van der Waals surface area contributed by atoms with E-state index in [2.05, 4.69) is 6.92 Å². The van der Waals surface area contributed by atoms with Crippen molar-refractivity contribution in [3.05, 3.63) is 0 Å². The van der Waals surface area contributed by atoms with Crippen molar-refractivity contribution in [2.24, 2.45) is 16.7 Å². The van der Waals surface area contributed by atoms with Gasteiger partial charge in [0.25, 0.3) is 0 Å². The van der Waals surface area contributed by atoms with E-state index in [4.69, 9.17) is 0 Å². The zero-order valence-electron chi connectivity index (χ0n) is 4.70. The van der Waals surface area contributed by atoms with E-state index in [1.165, 1.54) is 5.92 Å². The zero-order valence-corrected chi connectivity index (χ0v) is 4.70. The predicted molar refractivity (Wildman–Crippen MR) is 27.9 cm³/mol. The maximum absolute atomic E-state index is 2.46. The highest BCUT2D eigenvalue weighted by Crippen LogP contribution is 2.97. The van der Waals surface area contributed by atoms with Crippen molar-refractivity contribution in [2.75, 3.05) is 0 Å². The number of rotatable bonds is 0. The third kappa shape index (κ3) is 0.132. The maximum atomic E-state index is 2.46. The van der Waals surface area contributed by atoms with E-state index in [1.807, 2.05) is 0 Å². The van der Waals surface area contributed by atoms with Crippen LogP contribution in [0.15, 0.2) is 0 Å². The fourth-order valence-electron chi connectivity index (χ4n) is 2.64. The Labute approximate surface area is 43.9 Å². The van der Waals surface area contributed by atoms with E-state index >= 15 is 0 Å². The maximum Gasteiger partial charge on any atom is -0.0206 e. The van der Waals surface area contributed by atoms with Crippen molar-refractivity contribution in [1.29, 1.82) is 0 Å². The van der Waals surface area contributed by atoms with Crippen molar-refractivity contribution < 1.29 is 0 Å². The van der Waals surface area contributed by atoms with Gasteiger partial charge in [0.1, 0.15) is 0 Å². The first-order valence-corrected chi connectivity index (χ1v) is 3.30. The van der Waals surface area contributed by atoms with E-state index in [-0.39, 0.29) is 0 Å². The summed E-state index contributed by atoms with van der Waals surface area (Å²) in [6, 6.07) is 0. The van der Waals surface area contributed by atoms with Crippen LogP contribution in [0.3, 0.4) is 0 Å². The summed E-state index contributed by atoms with van der Waals surface area (Å²) in [6.07, 6.45) is 4.73. The second-order valence-corrected chi connectivity index (χ2v) is 3.83. The molecule has 2 unspecified atom stereocenters. The monoisotopic (exact) mass is 94.1 g/mol. The smallest absolute Gasteiger partial charge is 0.0206 e. The molecular weight excluding hydrogens is 84.1 g/mol. The fraction of sp³-hybridized carbons (Fsp3) is 1.00. The second-order valence-electron chi connectivity index (χ2n) is 3.83. The van der Waals surface area contributed by atoms with E-state index in [1.54, 1.807) is 19.3 Å². The summed E-state index contributed by atoms with van der Waals surface area (Å²) >= 11 is 0. The summed E-state index contributed by atoms with van der Waals surface area (Å²) < 4.78 is 0. The molecule has 3 saturated carbocycles. The molecule has 0 heteroatoms. The molecule has 2 atom stereocenters. The normalized spacial score (nSPS) is 67.3. The van der Waals surface area contributed by atoms with Gasteiger partial charge >= 0.3 is 0 Å². The molecule has 3 aliphatic carbocycles. The van der Waals surface area contributed by atoms with Crippen molar-refractivity contribution in [2.45, 2.75) is 26.2 Å². The Morgan fingerprint density at radius 3 is 2.00 bits per heavy atom. The van der Waals surface area contributed by atoms with E-state index in [0.29, 0.717) is 0 Å². The molecule has 0 aromatic rings. The third-order valence-corrected chi connectivity index (χ3v) is 3.75. The third-order valence-electron chi connectivity index (χ3n) is 3.75. The number of hydrogen-bond donors (Lipinski definition) is 0. The van der Waals surface area contributed by atoms with Gasteiger partial charge in [-0.3, -0.25) is 0 Å². The van der Waals surface area contributed by atoms with Crippen LogP contribution in [0, 0.1) is 16.7 Å². The van der Waals surface area contributed by atoms with Crippen molar-refractivity contribution in [3.8, 4) is 0 Å². The molecule has 0 N–H and O–H groups in total. The summed E-state index contributed by atoms with van der Waals surface area (Å²) in [4.78, 5) is 0. The van der Waals surface area contributed by atoms with Gasteiger partial charge in [-0.05, 0) is 36.0 Å². The van der Waals surface area contributed by atoms with Crippen LogP contribution in [0.25, 0.3) is 0 Å². The lowest BCUT2D eigenvalue weighted by atomic mass is 10.1. The van der Waals surface area contributed by atoms with Gasteiger partial charge in [-0.1, -0.05) is 6.92 Å². The molecule has 0 saturated heterocycles. The molecule has 0 heterocycles. The molecule has 0 bridgehead atoms. The zero-order chi connectivity index (χ0) is 4.70. The van der Waals surface area contributed by atoms with Crippen LogP contribution in [-0.4, -0.2) is 0 Å². The molecule has 0 aromatic heterocycles. The molecule has 1 spiro atoms. The molecule has 0 amide bonds. The minimum atomic E-state index is 0.924. The van der Waals surface area contributed by atoms with Crippen LogP contribution in [0.4, 0.5) is 0 Å². The highest BCUT2D eigenvalue weighted by molar-refractivity contribution is 5.38. The van der Waals surface area contributed by atoms with Crippen molar-refractivity contribution in [3.63, 3.8) is 0 Å². The molecular formula is C7H10. The lowest BCUT2D eigenvalue weighted by molar-refractivity contribution is 0.505. The van der Waals surface area contributed by atoms with Crippen LogP contribution < -0.4 is 0 Å². The van der Waals surface area contributed by atoms with Crippen molar-refractivity contribution >= 4 is 0 Å². The predicted octanol–water partition coefficient (Wildman–Crippen LogP) is 1.81. The molecule has 3 rings (SSSR count). The standard InChI is InChI=1S/C7H10/c1-6-4-5(6)7(6)2-3-7/h5H,2-4H2,1H3. The quantitative estimate of drug-likeness (QED) is 0.429. The highest BCUT2D eigenvalue weighted by atomic mass is 14.9. The average Bonchev–Trinajstić information content (AvgIpc) is 2.16. The van der Waals surface area contributed by atoms with Gasteiger partial charge in [0, 0.05) is 0 Å². The Morgan fingerprint density at radius 2 is 2.00 bits per heavy atom. The van der Waals surface area contributed by atoms with Gasteiger partial charge in [-0.2, -0.15) is 0 Å². The average molecular weight is 94.2 g/mol. The number of fused-ring (bicyclic) bond motifs is 3. The molecule has 7 heavy (non-hydrogen) atoms. The summed E-state index contributed by atoms with van der Waals surface area (Å²) in [5.41, 5.74) is 1.92. The SMILES string of the molecule is CC12CC1C21CC1. The van der Waals surface area contributed by atoms with Gasteiger partial charge < -0.3 is 0 Å². The summed E-state index contributed by atoms with van der Waals surface area (Å²) in [6.45, 7) is 2.46. The molecule has 3 aliphatic rings.